The normalized spacial score (nSPS) is 19.3. The quantitative estimate of drug-likeness (QED) is 0.396. The van der Waals surface area contributed by atoms with Gasteiger partial charge < -0.3 is 30.7 Å². The van der Waals surface area contributed by atoms with Gasteiger partial charge in [0.1, 0.15) is 5.82 Å². The Morgan fingerprint density at radius 2 is 1.94 bits per heavy atom. The summed E-state index contributed by atoms with van der Waals surface area (Å²) >= 11 is 0. The van der Waals surface area contributed by atoms with Crippen LogP contribution in [0.1, 0.15) is 19.8 Å². The van der Waals surface area contributed by atoms with Gasteiger partial charge in [-0.15, -0.1) is 0 Å². The molecule has 1 aromatic carbocycles. The van der Waals surface area contributed by atoms with Gasteiger partial charge in [-0.25, -0.2) is 19.4 Å². The molecule has 3 aromatic rings. The second-order valence-corrected chi connectivity index (χ2v) is 8.79. The van der Waals surface area contributed by atoms with Crippen molar-refractivity contribution in [1.82, 2.24) is 25.1 Å². The fourth-order valence-corrected chi connectivity index (χ4v) is 4.63. The van der Waals surface area contributed by atoms with Crippen LogP contribution in [-0.4, -0.2) is 77.4 Å². The van der Waals surface area contributed by atoms with E-state index in [1.54, 1.807) is 0 Å². The molecule has 4 N–H and O–H groups in total. The van der Waals surface area contributed by atoms with Crippen molar-refractivity contribution in [2.24, 2.45) is 5.73 Å². The summed E-state index contributed by atoms with van der Waals surface area (Å²) in [7, 11) is 0. The average molecular weight is 481 g/mol. The van der Waals surface area contributed by atoms with E-state index in [2.05, 4.69) is 27.6 Å². The zero-order valence-corrected chi connectivity index (χ0v) is 19.9. The molecule has 2 unspecified atom stereocenters. The molecule has 11 nitrogen and oxygen atoms in total. The number of rotatable bonds is 9. The van der Waals surface area contributed by atoms with E-state index >= 15 is 0 Å². The fourth-order valence-electron chi connectivity index (χ4n) is 4.63. The molecule has 5 rings (SSSR count). The molecule has 2 atom stereocenters. The number of aromatic nitrogens is 4. The number of ether oxygens (including phenoxy) is 2. The molecule has 2 aliphatic rings. The highest BCUT2D eigenvalue weighted by Gasteiger charge is 2.35. The molecule has 35 heavy (non-hydrogen) atoms. The van der Waals surface area contributed by atoms with E-state index in [0.29, 0.717) is 37.8 Å². The Kier molecular flexibility index (Phi) is 7.07. The molecular weight excluding hydrogens is 448 g/mol. The maximum Gasteiger partial charge on any atom is 0.319 e. The van der Waals surface area contributed by atoms with Crippen molar-refractivity contribution in [3.63, 3.8) is 0 Å². The Hall–Kier alpha value is -3.28. The van der Waals surface area contributed by atoms with Gasteiger partial charge >= 0.3 is 6.03 Å². The summed E-state index contributed by atoms with van der Waals surface area (Å²) in [6.45, 7) is 6.21. The molecular formula is C24H32N8O3. The third-order valence-electron chi connectivity index (χ3n) is 6.31. The lowest BCUT2D eigenvalue weighted by atomic mass is 10.2. The van der Waals surface area contributed by atoms with Crippen molar-refractivity contribution in [1.29, 1.82) is 0 Å². The molecule has 0 aliphatic carbocycles. The summed E-state index contributed by atoms with van der Waals surface area (Å²) in [6.07, 6.45) is 4.57. The van der Waals surface area contributed by atoms with Crippen LogP contribution in [0.5, 0.6) is 0 Å². The number of hydrogen-bond donors (Lipinski definition) is 3. The number of amides is 2. The molecule has 2 aliphatic heterocycles. The smallest absolute Gasteiger partial charge is 0.319 e. The number of anilines is 2. The summed E-state index contributed by atoms with van der Waals surface area (Å²) in [6, 6.07) is 7.24. The van der Waals surface area contributed by atoms with E-state index in [4.69, 9.17) is 25.2 Å². The fraction of sp³-hybridized carbons (Fsp3) is 0.500. The van der Waals surface area contributed by atoms with Gasteiger partial charge in [-0.1, -0.05) is 0 Å². The van der Waals surface area contributed by atoms with Crippen LogP contribution in [0.4, 0.5) is 16.3 Å². The Balaban J connectivity index is 1.34. The minimum atomic E-state index is -0.289. The third-order valence-corrected chi connectivity index (χ3v) is 6.31. The van der Waals surface area contributed by atoms with E-state index in [-0.39, 0.29) is 18.2 Å². The van der Waals surface area contributed by atoms with Gasteiger partial charge in [0.05, 0.1) is 37.0 Å². The number of urea groups is 1. The van der Waals surface area contributed by atoms with Gasteiger partial charge in [0.2, 0.25) is 0 Å². The highest BCUT2D eigenvalue weighted by atomic mass is 16.5. The average Bonchev–Trinajstić information content (AvgIpc) is 3.45. The summed E-state index contributed by atoms with van der Waals surface area (Å²) in [5, 5.41) is 11.1. The van der Waals surface area contributed by atoms with E-state index in [1.807, 2.05) is 35.1 Å². The Morgan fingerprint density at radius 1 is 1.17 bits per heavy atom. The number of fused-ring (bicyclic) bond motifs is 3. The van der Waals surface area contributed by atoms with E-state index in [1.165, 1.54) is 0 Å². The number of aryl methyl sites for hydroxylation is 1. The Labute approximate surface area is 204 Å². The minimum Gasteiger partial charge on any atom is -0.378 e. The Bertz CT molecular complexity index is 1150. The highest BCUT2D eigenvalue weighted by Crippen LogP contribution is 2.33. The molecule has 2 bridgehead atoms. The number of benzene rings is 1. The maximum atomic E-state index is 12.1. The summed E-state index contributed by atoms with van der Waals surface area (Å²) in [5.74, 6) is 1.54. The molecule has 11 heteroatoms. The van der Waals surface area contributed by atoms with Crippen LogP contribution in [0.2, 0.25) is 0 Å². The summed E-state index contributed by atoms with van der Waals surface area (Å²) in [5.41, 5.74) is 7.75. The van der Waals surface area contributed by atoms with Crippen LogP contribution in [0.3, 0.4) is 0 Å². The van der Waals surface area contributed by atoms with Crippen LogP contribution in [-0.2, 0) is 16.0 Å². The zero-order chi connectivity index (χ0) is 24.2. The van der Waals surface area contributed by atoms with Crippen molar-refractivity contribution < 1.29 is 14.3 Å². The lowest BCUT2D eigenvalue weighted by Gasteiger charge is -2.33. The van der Waals surface area contributed by atoms with Crippen LogP contribution < -0.4 is 21.3 Å². The first-order valence-corrected chi connectivity index (χ1v) is 12.2. The number of nitrogens with zero attached hydrogens (tertiary/aromatic N) is 5. The van der Waals surface area contributed by atoms with Crippen LogP contribution in [0, 0.1) is 0 Å². The van der Waals surface area contributed by atoms with Crippen molar-refractivity contribution in [3.8, 4) is 11.4 Å². The first kappa shape index (κ1) is 23.5. The van der Waals surface area contributed by atoms with E-state index in [9.17, 15) is 4.79 Å². The van der Waals surface area contributed by atoms with E-state index in [0.717, 1.165) is 54.9 Å². The van der Waals surface area contributed by atoms with Crippen molar-refractivity contribution in [3.05, 3.63) is 30.5 Å². The molecule has 0 radical (unpaired) electrons. The zero-order valence-electron chi connectivity index (χ0n) is 19.9. The molecule has 2 aromatic heterocycles. The number of nitrogens with one attached hydrogen (secondary N) is 2. The standard InChI is InChI=1S/C24H32N8O3/c1-2-32-23-20(13-27-32)22(31-14-18-7-8-19(15-31)35-18)29-21(30-23)16-3-5-17(6-4-16)28-24(33)26-10-12-34-11-9-25/h3-6,13,18-19H,2,7-12,14-15,25H2,1H3,(H2,26,28,33). The monoisotopic (exact) mass is 480 g/mol. The second-order valence-electron chi connectivity index (χ2n) is 8.79. The lowest BCUT2D eigenvalue weighted by molar-refractivity contribution is 0.0303. The van der Waals surface area contributed by atoms with Crippen molar-refractivity contribution in [2.75, 3.05) is 49.6 Å². The SMILES string of the molecule is CCn1ncc2c(N3CC4CCC(C3)O4)nc(-c3ccc(NC(=O)NCCOCCN)cc3)nc21. The maximum absolute atomic E-state index is 12.1. The van der Waals surface area contributed by atoms with Crippen LogP contribution in [0.25, 0.3) is 22.4 Å². The number of morpholine rings is 1. The second kappa shape index (κ2) is 10.5. The third kappa shape index (κ3) is 5.21. The van der Waals surface area contributed by atoms with Gasteiger partial charge in [0, 0.05) is 44.0 Å². The summed E-state index contributed by atoms with van der Waals surface area (Å²) in [4.78, 5) is 24.3. The number of hydrogen-bond acceptors (Lipinski definition) is 8. The van der Waals surface area contributed by atoms with Gasteiger partial charge in [-0.3, -0.25) is 0 Å². The number of nitrogens with two attached hydrogens (primary N) is 1. The molecule has 186 valence electrons. The molecule has 2 amide bonds. The predicted octanol–water partition coefficient (Wildman–Crippen LogP) is 1.98. The lowest BCUT2D eigenvalue weighted by Crippen LogP contribution is -2.43. The first-order chi connectivity index (χ1) is 17.1. The van der Waals surface area contributed by atoms with Crippen molar-refractivity contribution >= 4 is 28.6 Å². The largest absolute Gasteiger partial charge is 0.378 e. The Morgan fingerprint density at radius 3 is 2.66 bits per heavy atom. The van der Waals surface area contributed by atoms with Gasteiger partial charge in [-0.05, 0) is 44.0 Å². The number of carbonyl (C=O) groups is 1. The predicted molar refractivity (Wildman–Crippen MR) is 133 cm³/mol. The van der Waals surface area contributed by atoms with Crippen molar-refractivity contribution in [2.45, 2.75) is 38.5 Å². The first-order valence-electron chi connectivity index (χ1n) is 12.2. The van der Waals surface area contributed by atoms with E-state index < -0.39 is 0 Å². The molecule has 0 spiro atoms. The molecule has 2 fully saturated rings. The molecule has 4 heterocycles. The van der Waals surface area contributed by atoms with Crippen LogP contribution >= 0.6 is 0 Å². The molecule has 0 saturated carbocycles. The highest BCUT2D eigenvalue weighted by molar-refractivity contribution is 5.90. The van der Waals surface area contributed by atoms with Crippen LogP contribution in [0.15, 0.2) is 30.5 Å². The van der Waals surface area contributed by atoms with Gasteiger partial charge in [0.25, 0.3) is 0 Å². The number of carbonyl (C=O) groups excluding carboxylic acids is 1. The van der Waals surface area contributed by atoms with Gasteiger partial charge in [0.15, 0.2) is 11.5 Å². The topological polar surface area (TPSA) is 132 Å². The minimum absolute atomic E-state index is 0.257. The van der Waals surface area contributed by atoms with Gasteiger partial charge in [-0.2, -0.15) is 5.10 Å². The summed E-state index contributed by atoms with van der Waals surface area (Å²) < 4.78 is 13.2. The molecule has 2 saturated heterocycles.